The largest absolute Gasteiger partial charge is 0.480 e. The summed E-state index contributed by atoms with van der Waals surface area (Å²) in [6, 6.07) is 8.97. The molecule has 0 aliphatic rings. The van der Waals surface area contributed by atoms with Gasteiger partial charge in [0.1, 0.15) is 6.04 Å². The first-order valence-corrected chi connectivity index (χ1v) is 16.0. The molecule has 0 fully saturated rings. The third-order valence-corrected chi connectivity index (χ3v) is 7.57. The summed E-state index contributed by atoms with van der Waals surface area (Å²) >= 11 is 0. The fraction of sp³-hybridized carbons (Fsp3) is 0.303. The zero-order chi connectivity index (χ0) is 36.9. The Labute approximate surface area is 291 Å². The lowest BCUT2D eigenvalue weighted by Crippen LogP contribution is -2.41. The van der Waals surface area contributed by atoms with Crippen LogP contribution in [-0.4, -0.2) is 78.9 Å². The fourth-order valence-corrected chi connectivity index (χ4v) is 4.93. The van der Waals surface area contributed by atoms with Gasteiger partial charge in [-0.2, -0.15) is 9.97 Å². The van der Waals surface area contributed by atoms with Gasteiger partial charge in [0.05, 0.1) is 29.6 Å². The van der Waals surface area contributed by atoms with Gasteiger partial charge in [0.15, 0.2) is 17.0 Å². The normalized spacial score (nSPS) is 11.4. The van der Waals surface area contributed by atoms with Gasteiger partial charge >= 0.3 is 11.9 Å². The highest BCUT2D eigenvalue weighted by molar-refractivity contribution is 6.06. The third-order valence-electron chi connectivity index (χ3n) is 7.57. The summed E-state index contributed by atoms with van der Waals surface area (Å²) < 4.78 is 0. The Balaban J connectivity index is 1.26. The van der Waals surface area contributed by atoms with Crippen molar-refractivity contribution in [2.24, 2.45) is 5.73 Å². The average Bonchev–Trinajstić information content (AvgIpc) is 3.10. The number of unbranched alkanes of at least 4 members (excludes halogenated alkanes) is 2. The van der Waals surface area contributed by atoms with Crippen molar-refractivity contribution in [3.8, 4) is 0 Å². The number of hydrogen-bond donors (Lipinski definition) is 9. The van der Waals surface area contributed by atoms with Crippen LogP contribution in [0, 0.1) is 0 Å². The van der Waals surface area contributed by atoms with Crippen LogP contribution in [0.2, 0.25) is 0 Å². The lowest BCUT2D eigenvalue weighted by Gasteiger charge is -2.15. The molecule has 3 amide bonds. The van der Waals surface area contributed by atoms with E-state index in [1.165, 1.54) is 36.5 Å². The standard InChI is InChI=1S/C33H39N11O7/c34-13-3-1-2-6-25(45)40-20-11-12-22(31(48)49)23(15-20)30(47)37-14-4-5-24(32(50)51)42-29(46)18-7-9-19(10-8-18)38-16-21-17-39-28-26(41-21)27(35)43-33(36)44-28/h7-12,15,17,24,38H,1-6,13-14,16,34H2,(H,37,47)(H,40,45)(H,42,46)(H,48,49)(H,50,51)(H4,35,36,39,43,44). The SMILES string of the molecule is NCCCCCC(=O)Nc1ccc(C(=O)O)c(C(=O)NCCCC(NC(=O)c2ccc(NCc3cnc4nc(N)nc(N)c4n3)cc2)C(=O)O)c1. The van der Waals surface area contributed by atoms with Crippen molar-refractivity contribution in [3.05, 3.63) is 71.0 Å². The van der Waals surface area contributed by atoms with E-state index in [0.29, 0.717) is 29.9 Å². The number of nitrogens with zero attached hydrogens (tertiary/aromatic N) is 4. The van der Waals surface area contributed by atoms with Gasteiger partial charge < -0.3 is 48.7 Å². The molecule has 0 saturated heterocycles. The minimum Gasteiger partial charge on any atom is -0.480 e. The molecule has 2 heterocycles. The minimum absolute atomic E-state index is 0.00643. The second-order valence-electron chi connectivity index (χ2n) is 11.4. The summed E-state index contributed by atoms with van der Waals surface area (Å²) in [6.07, 6.45) is 4.12. The molecule has 4 rings (SSSR count). The topological polar surface area (TPSA) is 304 Å². The van der Waals surface area contributed by atoms with Gasteiger partial charge in [0, 0.05) is 29.9 Å². The van der Waals surface area contributed by atoms with Gasteiger partial charge in [-0.05, 0) is 74.7 Å². The van der Waals surface area contributed by atoms with Crippen LogP contribution in [0.5, 0.6) is 0 Å². The molecule has 2 aromatic heterocycles. The highest BCUT2D eigenvalue weighted by atomic mass is 16.4. The number of carboxylic acid groups (broad SMARTS) is 2. The Hall–Kier alpha value is -6.43. The lowest BCUT2D eigenvalue weighted by atomic mass is 10.0. The zero-order valence-electron chi connectivity index (χ0n) is 27.5. The average molecular weight is 702 g/mol. The van der Waals surface area contributed by atoms with Crippen molar-refractivity contribution >= 4 is 64.0 Å². The van der Waals surface area contributed by atoms with Crippen molar-refractivity contribution in [2.45, 2.75) is 51.1 Å². The predicted octanol–water partition coefficient (Wildman–Crippen LogP) is 1.75. The molecule has 0 bridgehead atoms. The van der Waals surface area contributed by atoms with E-state index in [-0.39, 0.29) is 78.1 Å². The number of carbonyl (C=O) groups is 5. The van der Waals surface area contributed by atoms with E-state index in [1.807, 2.05) is 0 Å². The number of carbonyl (C=O) groups excluding carboxylic acids is 3. The smallest absolute Gasteiger partial charge is 0.336 e. The molecule has 12 N–H and O–H groups in total. The maximum absolute atomic E-state index is 12.9. The van der Waals surface area contributed by atoms with Crippen LogP contribution in [0.4, 0.5) is 23.1 Å². The van der Waals surface area contributed by atoms with E-state index in [1.54, 1.807) is 12.1 Å². The van der Waals surface area contributed by atoms with Gasteiger partial charge in [-0.15, -0.1) is 0 Å². The number of benzene rings is 2. The molecule has 18 heteroatoms. The first kappa shape index (κ1) is 37.4. The van der Waals surface area contributed by atoms with E-state index in [9.17, 15) is 34.2 Å². The van der Waals surface area contributed by atoms with Crippen LogP contribution < -0.4 is 38.5 Å². The second-order valence-corrected chi connectivity index (χ2v) is 11.4. The Morgan fingerprint density at radius 1 is 0.824 bits per heavy atom. The molecule has 18 nitrogen and oxygen atoms in total. The Morgan fingerprint density at radius 3 is 2.27 bits per heavy atom. The van der Waals surface area contributed by atoms with E-state index in [2.05, 4.69) is 41.2 Å². The quantitative estimate of drug-likeness (QED) is 0.0667. The number of nitrogens with one attached hydrogen (secondary N) is 4. The van der Waals surface area contributed by atoms with Gasteiger partial charge in [0.2, 0.25) is 11.9 Å². The molecule has 268 valence electrons. The number of anilines is 4. The fourth-order valence-electron chi connectivity index (χ4n) is 4.93. The van der Waals surface area contributed by atoms with Crippen LogP contribution in [0.3, 0.4) is 0 Å². The van der Waals surface area contributed by atoms with Crippen LogP contribution in [0.1, 0.15) is 75.3 Å². The maximum Gasteiger partial charge on any atom is 0.336 e. The van der Waals surface area contributed by atoms with Crippen molar-refractivity contribution < 1.29 is 34.2 Å². The number of aromatic carboxylic acids is 1. The molecule has 0 aliphatic heterocycles. The summed E-state index contributed by atoms with van der Waals surface area (Å²) in [5.74, 6) is -4.10. The van der Waals surface area contributed by atoms with Crippen LogP contribution in [0.15, 0.2) is 48.7 Å². The summed E-state index contributed by atoms with van der Waals surface area (Å²) in [4.78, 5) is 78.1. The van der Waals surface area contributed by atoms with Gasteiger partial charge in [-0.25, -0.2) is 19.6 Å². The third kappa shape index (κ3) is 10.8. The number of aliphatic carboxylic acids is 1. The van der Waals surface area contributed by atoms with Crippen molar-refractivity contribution in [1.82, 2.24) is 30.6 Å². The second kappa shape index (κ2) is 17.8. The number of hydrogen-bond acceptors (Lipinski definition) is 13. The minimum atomic E-state index is -1.33. The lowest BCUT2D eigenvalue weighted by molar-refractivity contribution is -0.139. The molecular formula is C33H39N11O7. The molecule has 51 heavy (non-hydrogen) atoms. The summed E-state index contributed by atoms with van der Waals surface area (Å²) in [6.45, 7) is 0.795. The van der Waals surface area contributed by atoms with Gasteiger partial charge in [-0.3, -0.25) is 14.4 Å². The number of nitrogens with two attached hydrogens (primary N) is 3. The first-order valence-electron chi connectivity index (χ1n) is 16.0. The van der Waals surface area contributed by atoms with Gasteiger partial charge in [-0.1, -0.05) is 6.42 Å². The molecule has 4 aromatic rings. The molecule has 0 saturated carbocycles. The number of nitrogen functional groups attached to an aromatic ring is 2. The number of carboxylic acids is 2. The Morgan fingerprint density at radius 2 is 1.57 bits per heavy atom. The van der Waals surface area contributed by atoms with Crippen molar-refractivity contribution in [3.63, 3.8) is 0 Å². The zero-order valence-corrected chi connectivity index (χ0v) is 27.5. The molecule has 1 unspecified atom stereocenters. The molecule has 0 radical (unpaired) electrons. The number of aromatic nitrogens is 4. The van der Waals surface area contributed by atoms with E-state index < -0.39 is 29.8 Å². The van der Waals surface area contributed by atoms with Crippen molar-refractivity contribution in [1.29, 1.82) is 0 Å². The van der Waals surface area contributed by atoms with E-state index in [4.69, 9.17) is 17.2 Å². The van der Waals surface area contributed by atoms with Crippen LogP contribution in [-0.2, 0) is 16.1 Å². The molecule has 1 atom stereocenters. The summed E-state index contributed by atoms with van der Waals surface area (Å²) in [5, 5.41) is 30.1. The predicted molar refractivity (Wildman–Crippen MR) is 188 cm³/mol. The first-order chi connectivity index (χ1) is 24.4. The number of amides is 3. The number of fused-ring (bicyclic) bond motifs is 1. The molecule has 2 aromatic carbocycles. The van der Waals surface area contributed by atoms with E-state index >= 15 is 0 Å². The van der Waals surface area contributed by atoms with Crippen LogP contribution >= 0.6 is 0 Å². The molecular weight excluding hydrogens is 662 g/mol. The highest BCUT2D eigenvalue weighted by Crippen LogP contribution is 2.18. The number of rotatable bonds is 18. The van der Waals surface area contributed by atoms with E-state index in [0.717, 1.165) is 12.8 Å². The van der Waals surface area contributed by atoms with Gasteiger partial charge in [0.25, 0.3) is 11.8 Å². The van der Waals surface area contributed by atoms with Crippen LogP contribution in [0.25, 0.3) is 11.2 Å². The maximum atomic E-state index is 12.9. The van der Waals surface area contributed by atoms with Crippen molar-refractivity contribution in [2.75, 3.05) is 35.2 Å². The molecule has 0 spiro atoms. The highest BCUT2D eigenvalue weighted by Gasteiger charge is 2.22. The summed E-state index contributed by atoms with van der Waals surface area (Å²) in [7, 11) is 0. The monoisotopic (exact) mass is 701 g/mol. The Bertz CT molecular complexity index is 1900. The summed E-state index contributed by atoms with van der Waals surface area (Å²) in [5.41, 5.74) is 18.8. The Kier molecular flexibility index (Phi) is 13.1. The molecule has 0 aliphatic carbocycles.